The van der Waals surface area contributed by atoms with E-state index in [2.05, 4.69) is 22.1 Å². The third-order valence-corrected chi connectivity index (χ3v) is 6.36. The third-order valence-electron chi connectivity index (χ3n) is 4.97. The third kappa shape index (κ3) is 5.93. The van der Waals surface area contributed by atoms with Crippen molar-refractivity contribution < 1.29 is 9.53 Å². The normalized spacial score (nSPS) is 15.5. The van der Waals surface area contributed by atoms with Gasteiger partial charge < -0.3 is 15.0 Å². The Hall–Kier alpha value is -1.63. The van der Waals surface area contributed by atoms with Crippen molar-refractivity contribution in [1.82, 2.24) is 15.2 Å². The standard InChI is InChI=1S/C21H28ClN3O2S/c1-3-4-11-25-12-9-17(10-13-25)24-21(26)20-15(2)23-19(28-20)14-27-18-7-5-16(22)6-8-18/h5-8,17H,3-4,9-14H2,1-2H3,(H,24,26). The van der Waals surface area contributed by atoms with E-state index in [9.17, 15) is 4.79 Å². The Morgan fingerprint density at radius 2 is 2.04 bits per heavy atom. The zero-order valence-corrected chi connectivity index (χ0v) is 18.1. The molecule has 1 fully saturated rings. The number of carbonyl (C=O) groups excluding carboxylic acids is 1. The van der Waals surface area contributed by atoms with Gasteiger partial charge in [0.2, 0.25) is 0 Å². The van der Waals surface area contributed by atoms with Gasteiger partial charge in [0.15, 0.2) is 0 Å². The van der Waals surface area contributed by atoms with E-state index in [-0.39, 0.29) is 11.9 Å². The van der Waals surface area contributed by atoms with Gasteiger partial charge in [0.05, 0.1) is 5.69 Å². The first kappa shape index (κ1) is 21.1. The molecule has 152 valence electrons. The van der Waals surface area contributed by atoms with E-state index in [1.54, 1.807) is 12.1 Å². The van der Waals surface area contributed by atoms with Crippen molar-refractivity contribution in [3.05, 3.63) is 44.9 Å². The van der Waals surface area contributed by atoms with E-state index in [0.29, 0.717) is 16.5 Å². The van der Waals surface area contributed by atoms with Crippen molar-refractivity contribution in [1.29, 1.82) is 0 Å². The summed E-state index contributed by atoms with van der Waals surface area (Å²) in [4.78, 5) is 20.4. The summed E-state index contributed by atoms with van der Waals surface area (Å²) in [5, 5.41) is 4.67. The van der Waals surface area contributed by atoms with Crippen LogP contribution in [0.15, 0.2) is 24.3 Å². The number of likely N-dealkylation sites (tertiary alicyclic amines) is 1. The average molecular weight is 422 g/mol. The van der Waals surface area contributed by atoms with Gasteiger partial charge in [-0.15, -0.1) is 11.3 Å². The summed E-state index contributed by atoms with van der Waals surface area (Å²) in [6, 6.07) is 7.47. The molecule has 0 aliphatic carbocycles. The van der Waals surface area contributed by atoms with Crippen LogP contribution in [0.1, 0.15) is 53.0 Å². The van der Waals surface area contributed by atoms with Crippen molar-refractivity contribution in [3.63, 3.8) is 0 Å². The van der Waals surface area contributed by atoms with Gasteiger partial charge in [-0.25, -0.2) is 4.98 Å². The summed E-state index contributed by atoms with van der Waals surface area (Å²) in [6.45, 7) is 7.74. The number of carbonyl (C=O) groups is 1. The van der Waals surface area contributed by atoms with Crippen LogP contribution in [0.4, 0.5) is 0 Å². The van der Waals surface area contributed by atoms with E-state index in [1.807, 2.05) is 19.1 Å². The number of thiazole rings is 1. The second-order valence-corrected chi connectivity index (χ2v) is 8.73. The van der Waals surface area contributed by atoms with Gasteiger partial charge in [-0.1, -0.05) is 24.9 Å². The molecule has 7 heteroatoms. The predicted octanol–water partition coefficient (Wildman–Crippen LogP) is 4.68. The van der Waals surface area contributed by atoms with Gasteiger partial charge in [-0.05, 0) is 57.0 Å². The minimum absolute atomic E-state index is 0.0141. The van der Waals surface area contributed by atoms with Gasteiger partial charge >= 0.3 is 0 Å². The van der Waals surface area contributed by atoms with Crippen LogP contribution in [0.2, 0.25) is 5.02 Å². The van der Waals surface area contributed by atoms with Gasteiger partial charge in [0, 0.05) is 24.2 Å². The highest BCUT2D eigenvalue weighted by Crippen LogP contribution is 2.22. The predicted molar refractivity (Wildman–Crippen MR) is 114 cm³/mol. The quantitative estimate of drug-likeness (QED) is 0.672. The second kappa shape index (κ2) is 10.2. The molecule has 1 aliphatic heterocycles. The maximum absolute atomic E-state index is 12.7. The fourth-order valence-corrected chi connectivity index (χ4v) is 4.34. The molecule has 1 saturated heterocycles. The summed E-state index contributed by atoms with van der Waals surface area (Å²) in [7, 11) is 0. The molecule has 2 heterocycles. The topological polar surface area (TPSA) is 54.5 Å². The fraction of sp³-hybridized carbons (Fsp3) is 0.524. The number of amides is 1. The molecular weight excluding hydrogens is 394 g/mol. The zero-order valence-electron chi connectivity index (χ0n) is 16.5. The van der Waals surface area contributed by atoms with E-state index in [0.717, 1.165) is 42.4 Å². The molecule has 0 bridgehead atoms. The van der Waals surface area contributed by atoms with Crippen molar-refractivity contribution in [2.24, 2.45) is 0 Å². The first-order chi connectivity index (χ1) is 13.5. The van der Waals surface area contributed by atoms with E-state index >= 15 is 0 Å². The molecule has 1 aliphatic rings. The Morgan fingerprint density at radius 1 is 1.32 bits per heavy atom. The first-order valence-electron chi connectivity index (χ1n) is 9.93. The number of nitrogens with zero attached hydrogens (tertiary/aromatic N) is 2. The summed E-state index contributed by atoms with van der Waals surface area (Å²) >= 11 is 7.29. The van der Waals surface area contributed by atoms with Crippen molar-refractivity contribution in [2.75, 3.05) is 19.6 Å². The summed E-state index contributed by atoms with van der Waals surface area (Å²) in [5.74, 6) is 0.720. The number of aryl methyl sites for hydroxylation is 1. The lowest BCUT2D eigenvalue weighted by Crippen LogP contribution is -2.44. The highest BCUT2D eigenvalue weighted by Gasteiger charge is 2.23. The van der Waals surface area contributed by atoms with Gasteiger partial charge in [-0.2, -0.15) is 0 Å². The molecule has 2 aromatic rings. The summed E-state index contributed by atoms with van der Waals surface area (Å²) in [6.07, 6.45) is 4.50. The molecule has 28 heavy (non-hydrogen) atoms. The highest BCUT2D eigenvalue weighted by atomic mass is 35.5. The number of aromatic nitrogens is 1. The van der Waals surface area contributed by atoms with Crippen molar-refractivity contribution >= 4 is 28.8 Å². The van der Waals surface area contributed by atoms with Crippen LogP contribution in [0, 0.1) is 6.92 Å². The molecule has 0 radical (unpaired) electrons. The van der Waals surface area contributed by atoms with Crippen molar-refractivity contribution in [2.45, 2.75) is 52.2 Å². The second-order valence-electron chi connectivity index (χ2n) is 7.21. The molecule has 0 spiro atoms. The fourth-order valence-electron chi connectivity index (χ4n) is 3.33. The number of benzene rings is 1. The Labute approximate surface area is 176 Å². The lowest BCUT2D eigenvalue weighted by molar-refractivity contribution is 0.0914. The van der Waals surface area contributed by atoms with Crippen molar-refractivity contribution in [3.8, 4) is 5.75 Å². The average Bonchev–Trinajstić information content (AvgIpc) is 3.08. The molecule has 0 unspecified atom stereocenters. The van der Waals surface area contributed by atoms with Crippen LogP contribution in [0.3, 0.4) is 0 Å². The summed E-state index contributed by atoms with van der Waals surface area (Å²) < 4.78 is 5.74. The SMILES string of the molecule is CCCCN1CCC(NC(=O)c2sc(COc3ccc(Cl)cc3)nc2C)CC1. The van der Waals surface area contributed by atoms with Crippen LogP contribution in [0.25, 0.3) is 0 Å². The van der Waals surface area contributed by atoms with Crippen LogP contribution in [-0.2, 0) is 6.61 Å². The largest absolute Gasteiger partial charge is 0.486 e. The van der Waals surface area contributed by atoms with Crippen LogP contribution in [-0.4, -0.2) is 41.5 Å². The zero-order chi connectivity index (χ0) is 19.9. The Kier molecular flexibility index (Phi) is 7.71. The molecule has 1 N–H and O–H groups in total. The summed E-state index contributed by atoms with van der Waals surface area (Å²) in [5.41, 5.74) is 0.762. The van der Waals surface area contributed by atoms with E-state index < -0.39 is 0 Å². The molecule has 0 atom stereocenters. The molecular formula is C21H28ClN3O2S. The van der Waals surface area contributed by atoms with Crippen LogP contribution in [0.5, 0.6) is 5.75 Å². The molecule has 1 aromatic heterocycles. The smallest absolute Gasteiger partial charge is 0.263 e. The Morgan fingerprint density at radius 3 is 2.71 bits per heavy atom. The first-order valence-corrected chi connectivity index (χ1v) is 11.1. The lowest BCUT2D eigenvalue weighted by atomic mass is 10.0. The minimum Gasteiger partial charge on any atom is -0.486 e. The number of piperidine rings is 1. The Balaban J connectivity index is 1.50. The number of halogens is 1. The molecule has 3 rings (SSSR count). The number of ether oxygens (including phenoxy) is 1. The Bertz CT molecular complexity index is 770. The number of hydrogen-bond donors (Lipinski definition) is 1. The highest BCUT2D eigenvalue weighted by molar-refractivity contribution is 7.13. The number of rotatable bonds is 8. The number of unbranched alkanes of at least 4 members (excludes halogenated alkanes) is 1. The lowest BCUT2D eigenvalue weighted by Gasteiger charge is -2.32. The van der Waals surface area contributed by atoms with E-state index in [1.165, 1.54) is 30.7 Å². The minimum atomic E-state index is -0.0141. The van der Waals surface area contributed by atoms with Gasteiger partial charge in [-0.3, -0.25) is 4.79 Å². The molecule has 1 aromatic carbocycles. The molecule has 5 nitrogen and oxygen atoms in total. The maximum atomic E-state index is 12.7. The van der Waals surface area contributed by atoms with Gasteiger partial charge in [0.25, 0.3) is 5.91 Å². The molecule has 0 saturated carbocycles. The number of hydrogen-bond acceptors (Lipinski definition) is 5. The van der Waals surface area contributed by atoms with E-state index in [4.69, 9.17) is 16.3 Å². The molecule has 1 amide bonds. The monoisotopic (exact) mass is 421 g/mol. The van der Waals surface area contributed by atoms with Gasteiger partial charge in [0.1, 0.15) is 22.2 Å². The maximum Gasteiger partial charge on any atom is 0.263 e. The van der Waals surface area contributed by atoms with Crippen LogP contribution < -0.4 is 10.1 Å². The number of nitrogens with one attached hydrogen (secondary N) is 1. The van der Waals surface area contributed by atoms with Crippen LogP contribution >= 0.6 is 22.9 Å².